The summed E-state index contributed by atoms with van der Waals surface area (Å²) >= 11 is 1.68. The van der Waals surface area contributed by atoms with Crippen LogP contribution in [0.1, 0.15) is 26.3 Å². The van der Waals surface area contributed by atoms with Gasteiger partial charge in [-0.05, 0) is 50.6 Å². The molecule has 0 unspecified atom stereocenters. The Balaban J connectivity index is 2.11. The molecule has 3 aromatic rings. The Labute approximate surface area is 128 Å². The van der Waals surface area contributed by atoms with Gasteiger partial charge in [-0.3, -0.25) is 4.79 Å². The van der Waals surface area contributed by atoms with Crippen LogP contribution in [0.3, 0.4) is 0 Å². The van der Waals surface area contributed by atoms with Crippen molar-refractivity contribution in [3.63, 3.8) is 0 Å². The first-order valence-electron chi connectivity index (χ1n) is 7.13. The van der Waals surface area contributed by atoms with E-state index in [9.17, 15) is 4.79 Å². The molecule has 21 heavy (non-hydrogen) atoms. The highest BCUT2D eigenvalue weighted by molar-refractivity contribution is 7.24. The lowest BCUT2D eigenvalue weighted by Gasteiger charge is -2.20. The van der Waals surface area contributed by atoms with E-state index in [1.807, 2.05) is 30.3 Å². The van der Waals surface area contributed by atoms with Gasteiger partial charge >= 0.3 is 0 Å². The Bertz CT molecular complexity index is 858. The molecule has 3 rings (SSSR count). The molecule has 2 nitrogen and oxygen atoms in total. The van der Waals surface area contributed by atoms with Crippen LogP contribution in [-0.4, -0.2) is 5.54 Å². The lowest BCUT2D eigenvalue weighted by atomic mass is 10.1. The number of benzene rings is 2. The third-order valence-corrected chi connectivity index (χ3v) is 4.61. The highest BCUT2D eigenvalue weighted by Gasteiger charge is 2.10. The average Bonchev–Trinajstić information content (AvgIpc) is 2.45. The maximum absolute atomic E-state index is 12.6. The minimum atomic E-state index is 0.0707. The Morgan fingerprint density at radius 1 is 1.00 bits per heavy atom. The number of nitrogens with one attached hydrogen (secondary N) is 1. The van der Waals surface area contributed by atoms with Gasteiger partial charge in [0.2, 0.25) is 0 Å². The van der Waals surface area contributed by atoms with Gasteiger partial charge in [-0.1, -0.05) is 18.2 Å². The zero-order valence-corrected chi connectivity index (χ0v) is 13.4. The Hall–Kier alpha value is -1.71. The van der Waals surface area contributed by atoms with Crippen molar-refractivity contribution in [2.45, 2.75) is 32.9 Å². The van der Waals surface area contributed by atoms with Gasteiger partial charge in [0.25, 0.3) is 0 Å². The monoisotopic (exact) mass is 297 g/mol. The fraction of sp³-hybridized carbons (Fsp3) is 0.278. The van der Waals surface area contributed by atoms with E-state index in [-0.39, 0.29) is 11.0 Å². The molecule has 1 N–H and O–H groups in total. The quantitative estimate of drug-likeness (QED) is 0.714. The van der Waals surface area contributed by atoms with Crippen LogP contribution in [0.4, 0.5) is 0 Å². The average molecular weight is 297 g/mol. The lowest BCUT2D eigenvalue weighted by Crippen LogP contribution is -2.35. The Morgan fingerprint density at radius 2 is 1.71 bits per heavy atom. The molecule has 0 bridgehead atoms. The van der Waals surface area contributed by atoms with E-state index in [0.29, 0.717) is 0 Å². The van der Waals surface area contributed by atoms with Crippen LogP contribution >= 0.6 is 11.3 Å². The Kier molecular flexibility index (Phi) is 3.56. The number of hydrogen-bond acceptors (Lipinski definition) is 3. The summed E-state index contributed by atoms with van der Waals surface area (Å²) in [7, 11) is 0. The third-order valence-electron chi connectivity index (χ3n) is 3.46. The SMILES string of the molecule is CC(C)(C)NCc1ccc2sc3ccccc3c(=O)c2c1. The molecule has 0 spiro atoms. The maximum atomic E-state index is 12.6. The summed E-state index contributed by atoms with van der Waals surface area (Å²) < 4.78 is 2.11. The third kappa shape index (κ3) is 2.99. The standard InChI is InChI=1S/C18H19NOS/c1-18(2,3)19-11-12-8-9-16-14(10-12)17(20)13-6-4-5-7-15(13)21-16/h4-10,19H,11H2,1-3H3. The van der Waals surface area contributed by atoms with Gasteiger partial charge in [-0.15, -0.1) is 11.3 Å². The molecule has 0 saturated heterocycles. The van der Waals surface area contributed by atoms with Crippen LogP contribution in [0.25, 0.3) is 20.2 Å². The van der Waals surface area contributed by atoms with Gasteiger partial charge in [-0.2, -0.15) is 0 Å². The van der Waals surface area contributed by atoms with Crippen LogP contribution in [-0.2, 0) is 6.54 Å². The summed E-state index contributed by atoms with van der Waals surface area (Å²) in [5.41, 5.74) is 1.36. The predicted octanol–water partition coefficient (Wildman–Crippen LogP) is 4.30. The zero-order chi connectivity index (χ0) is 15.0. The van der Waals surface area contributed by atoms with Crippen molar-refractivity contribution in [1.29, 1.82) is 0 Å². The molecule has 0 saturated carbocycles. The van der Waals surface area contributed by atoms with E-state index < -0.39 is 0 Å². The van der Waals surface area contributed by atoms with E-state index in [1.165, 1.54) is 0 Å². The second-order valence-electron chi connectivity index (χ2n) is 6.36. The van der Waals surface area contributed by atoms with Crippen molar-refractivity contribution < 1.29 is 0 Å². The second-order valence-corrected chi connectivity index (χ2v) is 7.45. The van der Waals surface area contributed by atoms with Gasteiger partial charge in [0.05, 0.1) is 0 Å². The van der Waals surface area contributed by atoms with Crippen molar-refractivity contribution >= 4 is 31.5 Å². The topological polar surface area (TPSA) is 29.1 Å². The molecule has 1 heterocycles. The highest BCUT2D eigenvalue weighted by Crippen LogP contribution is 2.25. The minimum absolute atomic E-state index is 0.0707. The van der Waals surface area contributed by atoms with Crippen LogP contribution in [0, 0.1) is 0 Å². The predicted molar refractivity (Wildman–Crippen MR) is 92.2 cm³/mol. The van der Waals surface area contributed by atoms with E-state index >= 15 is 0 Å². The molecule has 0 aliphatic heterocycles. The van der Waals surface area contributed by atoms with Crippen molar-refractivity contribution in [3.05, 3.63) is 58.3 Å². The fourth-order valence-electron chi connectivity index (χ4n) is 2.33. The molecule has 0 aliphatic carbocycles. The summed E-state index contributed by atoms with van der Waals surface area (Å²) in [4.78, 5) is 12.6. The second kappa shape index (κ2) is 5.24. The van der Waals surface area contributed by atoms with Crippen molar-refractivity contribution in [2.75, 3.05) is 0 Å². The zero-order valence-electron chi connectivity index (χ0n) is 12.6. The number of rotatable bonds is 2. The molecular weight excluding hydrogens is 278 g/mol. The molecule has 1 aromatic heterocycles. The molecule has 0 atom stereocenters. The smallest absolute Gasteiger partial charge is 0.195 e. The van der Waals surface area contributed by atoms with E-state index in [0.717, 1.165) is 32.3 Å². The summed E-state index contributed by atoms with van der Waals surface area (Å²) in [5, 5.41) is 5.10. The largest absolute Gasteiger partial charge is 0.308 e. The van der Waals surface area contributed by atoms with E-state index in [1.54, 1.807) is 11.3 Å². The fourth-order valence-corrected chi connectivity index (χ4v) is 3.38. The molecule has 3 heteroatoms. The normalized spacial score (nSPS) is 12.1. The number of hydrogen-bond donors (Lipinski definition) is 1. The summed E-state index contributed by atoms with van der Waals surface area (Å²) in [5.74, 6) is 0. The van der Waals surface area contributed by atoms with Crippen LogP contribution in [0.5, 0.6) is 0 Å². The molecule has 0 radical (unpaired) electrons. The maximum Gasteiger partial charge on any atom is 0.195 e. The molecular formula is C18H19NOS. The van der Waals surface area contributed by atoms with Crippen LogP contribution < -0.4 is 10.7 Å². The molecule has 108 valence electrons. The molecule has 0 amide bonds. The van der Waals surface area contributed by atoms with Gasteiger partial charge < -0.3 is 5.32 Å². The summed E-state index contributed by atoms with van der Waals surface area (Å²) in [6, 6.07) is 14.0. The first-order valence-corrected chi connectivity index (χ1v) is 7.95. The van der Waals surface area contributed by atoms with E-state index in [2.05, 4.69) is 38.2 Å². The molecule has 2 aromatic carbocycles. The highest BCUT2D eigenvalue weighted by atomic mass is 32.1. The molecule has 0 aliphatic rings. The van der Waals surface area contributed by atoms with Gasteiger partial charge in [0.15, 0.2) is 5.43 Å². The van der Waals surface area contributed by atoms with Gasteiger partial charge in [0, 0.05) is 32.3 Å². The minimum Gasteiger partial charge on any atom is -0.308 e. The summed E-state index contributed by atoms with van der Waals surface area (Å²) in [6.45, 7) is 7.20. The lowest BCUT2D eigenvalue weighted by molar-refractivity contribution is 0.424. The summed E-state index contributed by atoms with van der Waals surface area (Å²) in [6.07, 6.45) is 0. The van der Waals surface area contributed by atoms with Crippen LogP contribution in [0.15, 0.2) is 47.3 Å². The van der Waals surface area contributed by atoms with Crippen molar-refractivity contribution in [2.24, 2.45) is 0 Å². The van der Waals surface area contributed by atoms with Gasteiger partial charge in [-0.25, -0.2) is 0 Å². The number of fused-ring (bicyclic) bond motifs is 2. The first-order chi connectivity index (χ1) is 9.94. The first kappa shape index (κ1) is 14.2. The van der Waals surface area contributed by atoms with Gasteiger partial charge in [0.1, 0.15) is 0 Å². The Morgan fingerprint density at radius 3 is 2.48 bits per heavy atom. The van der Waals surface area contributed by atoms with Crippen molar-refractivity contribution in [3.8, 4) is 0 Å². The van der Waals surface area contributed by atoms with Crippen molar-refractivity contribution in [1.82, 2.24) is 5.32 Å². The van der Waals surface area contributed by atoms with Crippen LogP contribution in [0.2, 0.25) is 0 Å². The van der Waals surface area contributed by atoms with E-state index in [4.69, 9.17) is 0 Å². The molecule has 0 fully saturated rings.